The minimum atomic E-state index is 0.434. The van der Waals surface area contributed by atoms with Crippen LogP contribution >= 0.6 is 0 Å². The van der Waals surface area contributed by atoms with Crippen LogP contribution in [0.25, 0.3) is 0 Å². The average molecular weight is 195 g/mol. The second-order valence-corrected chi connectivity index (χ2v) is 4.13. The van der Waals surface area contributed by atoms with Crippen molar-refractivity contribution >= 4 is 0 Å². The van der Waals surface area contributed by atoms with Crippen LogP contribution < -0.4 is 5.32 Å². The van der Waals surface area contributed by atoms with E-state index in [1.807, 2.05) is 7.05 Å². The molecule has 1 heterocycles. The molecule has 0 aromatic rings. The lowest BCUT2D eigenvalue weighted by Gasteiger charge is -2.21. The van der Waals surface area contributed by atoms with Gasteiger partial charge in [-0.25, -0.2) is 0 Å². The van der Waals surface area contributed by atoms with E-state index in [1.54, 1.807) is 0 Å². The van der Waals surface area contributed by atoms with Gasteiger partial charge in [0.05, 0.1) is 12.7 Å². The molecule has 1 aliphatic rings. The molecular weight excluding hydrogens is 174 g/mol. The van der Waals surface area contributed by atoms with Crippen LogP contribution in [-0.4, -0.2) is 25.8 Å². The van der Waals surface area contributed by atoms with Crippen LogP contribution in [0.5, 0.6) is 0 Å². The normalized spacial score (nSPS) is 28.6. The van der Waals surface area contributed by atoms with Gasteiger partial charge in [-0.2, -0.15) is 0 Å². The molecule has 0 aromatic carbocycles. The van der Waals surface area contributed by atoms with Crippen molar-refractivity contribution in [3.8, 4) is 12.3 Å². The van der Waals surface area contributed by atoms with Gasteiger partial charge in [0.1, 0.15) is 0 Å². The van der Waals surface area contributed by atoms with E-state index in [1.165, 1.54) is 12.8 Å². The monoisotopic (exact) mass is 195 g/mol. The standard InChI is InChI=1S/C12H21NO/c1-4-5-6-7-12(13-3)11-8-10(2)14-9-11/h1,10-13H,5-9H2,2-3H3. The van der Waals surface area contributed by atoms with Gasteiger partial charge >= 0.3 is 0 Å². The zero-order valence-electron chi connectivity index (χ0n) is 9.25. The summed E-state index contributed by atoms with van der Waals surface area (Å²) in [5.41, 5.74) is 0. The summed E-state index contributed by atoms with van der Waals surface area (Å²) in [5.74, 6) is 3.36. The maximum absolute atomic E-state index is 5.57. The summed E-state index contributed by atoms with van der Waals surface area (Å²) in [6.45, 7) is 3.05. The van der Waals surface area contributed by atoms with Crippen LogP contribution in [0.3, 0.4) is 0 Å². The molecule has 0 aromatic heterocycles. The molecular formula is C12H21NO. The van der Waals surface area contributed by atoms with Gasteiger partial charge in [-0.1, -0.05) is 0 Å². The Morgan fingerprint density at radius 2 is 2.43 bits per heavy atom. The maximum Gasteiger partial charge on any atom is 0.0551 e. The number of rotatable bonds is 5. The molecule has 0 spiro atoms. The van der Waals surface area contributed by atoms with E-state index >= 15 is 0 Å². The van der Waals surface area contributed by atoms with Gasteiger partial charge in [-0.3, -0.25) is 0 Å². The molecule has 2 nitrogen and oxygen atoms in total. The molecule has 0 radical (unpaired) electrons. The summed E-state index contributed by atoms with van der Waals surface area (Å²) in [6, 6.07) is 0.577. The van der Waals surface area contributed by atoms with Crippen LogP contribution in [0, 0.1) is 18.3 Å². The van der Waals surface area contributed by atoms with Gasteiger partial charge in [-0.05, 0) is 33.2 Å². The number of nitrogens with one attached hydrogen (secondary N) is 1. The lowest BCUT2D eigenvalue weighted by Crippen LogP contribution is -2.33. The second kappa shape index (κ2) is 6.06. The second-order valence-electron chi connectivity index (χ2n) is 4.13. The van der Waals surface area contributed by atoms with E-state index < -0.39 is 0 Å². The maximum atomic E-state index is 5.57. The van der Waals surface area contributed by atoms with E-state index in [0.29, 0.717) is 18.1 Å². The lowest BCUT2D eigenvalue weighted by molar-refractivity contribution is 0.116. The molecule has 80 valence electrons. The van der Waals surface area contributed by atoms with Crippen molar-refractivity contribution in [2.75, 3.05) is 13.7 Å². The highest BCUT2D eigenvalue weighted by molar-refractivity contribution is 4.86. The van der Waals surface area contributed by atoms with Gasteiger partial charge in [0.25, 0.3) is 0 Å². The Balaban J connectivity index is 2.27. The van der Waals surface area contributed by atoms with Crippen molar-refractivity contribution in [3.05, 3.63) is 0 Å². The van der Waals surface area contributed by atoms with Crippen molar-refractivity contribution in [2.24, 2.45) is 5.92 Å². The van der Waals surface area contributed by atoms with Gasteiger partial charge < -0.3 is 10.1 Å². The van der Waals surface area contributed by atoms with E-state index in [0.717, 1.165) is 19.4 Å². The first-order valence-electron chi connectivity index (χ1n) is 5.50. The minimum Gasteiger partial charge on any atom is -0.378 e. The fourth-order valence-corrected chi connectivity index (χ4v) is 2.17. The molecule has 3 unspecified atom stereocenters. The Bertz CT molecular complexity index is 197. The number of ether oxygens (including phenoxy) is 1. The van der Waals surface area contributed by atoms with Crippen molar-refractivity contribution in [1.82, 2.24) is 5.32 Å². The Morgan fingerprint density at radius 1 is 1.64 bits per heavy atom. The Hall–Kier alpha value is -0.520. The summed E-state index contributed by atoms with van der Waals surface area (Å²) in [5, 5.41) is 3.37. The first-order valence-corrected chi connectivity index (χ1v) is 5.50. The fraction of sp³-hybridized carbons (Fsp3) is 0.833. The molecule has 1 rings (SSSR count). The Labute approximate surface area is 87.4 Å². The van der Waals surface area contributed by atoms with E-state index in [-0.39, 0.29) is 0 Å². The number of hydrogen-bond acceptors (Lipinski definition) is 2. The zero-order chi connectivity index (χ0) is 10.4. The van der Waals surface area contributed by atoms with Crippen molar-refractivity contribution in [2.45, 2.75) is 44.8 Å². The van der Waals surface area contributed by atoms with Crippen molar-refractivity contribution in [1.29, 1.82) is 0 Å². The Morgan fingerprint density at radius 3 is 2.93 bits per heavy atom. The van der Waals surface area contributed by atoms with Crippen LogP contribution in [-0.2, 0) is 4.74 Å². The van der Waals surface area contributed by atoms with Crippen LogP contribution in [0.15, 0.2) is 0 Å². The average Bonchev–Trinajstić information content (AvgIpc) is 2.60. The molecule has 0 bridgehead atoms. The molecule has 0 saturated carbocycles. The van der Waals surface area contributed by atoms with Gasteiger partial charge in [0.15, 0.2) is 0 Å². The summed E-state index contributed by atoms with van der Waals surface area (Å²) in [6.07, 6.45) is 10.0. The molecule has 0 aliphatic carbocycles. The third kappa shape index (κ3) is 3.32. The van der Waals surface area contributed by atoms with Gasteiger partial charge in [-0.15, -0.1) is 12.3 Å². The fourth-order valence-electron chi connectivity index (χ4n) is 2.17. The smallest absolute Gasteiger partial charge is 0.0551 e. The molecule has 1 fully saturated rings. The summed E-state index contributed by atoms with van der Waals surface area (Å²) >= 11 is 0. The predicted octanol–water partition coefficient (Wildman–Crippen LogP) is 1.80. The lowest BCUT2D eigenvalue weighted by atomic mass is 9.93. The molecule has 1 N–H and O–H groups in total. The summed E-state index contributed by atoms with van der Waals surface area (Å²) in [4.78, 5) is 0. The van der Waals surface area contributed by atoms with E-state index in [9.17, 15) is 0 Å². The summed E-state index contributed by atoms with van der Waals surface area (Å²) in [7, 11) is 2.03. The van der Waals surface area contributed by atoms with Gasteiger partial charge in [0, 0.05) is 18.4 Å². The highest BCUT2D eigenvalue weighted by Gasteiger charge is 2.27. The van der Waals surface area contributed by atoms with Crippen LogP contribution in [0.4, 0.5) is 0 Å². The van der Waals surface area contributed by atoms with Crippen molar-refractivity contribution < 1.29 is 4.74 Å². The quantitative estimate of drug-likeness (QED) is 0.533. The highest BCUT2D eigenvalue weighted by atomic mass is 16.5. The molecule has 14 heavy (non-hydrogen) atoms. The zero-order valence-corrected chi connectivity index (χ0v) is 9.25. The third-order valence-electron chi connectivity index (χ3n) is 3.01. The molecule has 1 aliphatic heterocycles. The van der Waals surface area contributed by atoms with Gasteiger partial charge in [0.2, 0.25) is 0 Å². The molecule has 1 saturated heterocycles. The predicted molar refractivity (Wildman–Crippen MR) is 59.1 cm³/mol. The first kappa shape index (κ1) is 11.6. The number of unbranched alkanes of at least 4 members (excludes halogenated alkanes) is 1. The van der Waals surface area contributed by atoms with Crippen LogP contribution in [0.1, 0.15) is 32.6 Å². The Kier molecular flexibility index (Phi) is 5.00. The summed E-state index contributed by atoms with van der Waals surface area (Å²) < 4.78 is 5.57. The molecule has 0 amide bonds. The van der Waals surface area contributed by atoms with E-state index in [4.69, 9.17) is 11.2 Å². The number of hydrogen-bond donors (Lipinski definition) is 1. The molecule has 3 atom stereocenters. The SMILES string of the molecule is C#CCCCC(NC)C1COC(C)C1. The third-order valence-corrected chi connectivity index (χ3v) is 3.01. The highest BCUT2D eigenvalue weighted by Crippen LogP contribution is 2.24. The van der Waals surface area contributed by atoms with Crippen molar-refractivity contribution in [3.63, 3.8) is 0 Å². The number of terminal acetylenes is 1. The largest absolute Gasteiger partial charge is 0.378 e. The topological polar surface area (TPSA) is 21.3 Å². The van der Waals surface area contributed by atoms with Crippen LogP contribution in [0.2, 0.25) is 0 Å². The first-order chi connectivity index (χ1) is 6.77. The minimum absolute atomic E-state index is 0.434. The van der Waals surface area contributed by atoms with E-state index in [2.05, 4.69) is 18.2 Å². The molecule has 2 heteroatoms.